The highest BCUT2D eigenvalue weighted by atomic mass is 19.1. The van der Waals surface area contributed by atoms with Crippen LogP contribution in [0.1, 0.15) is 23.4 Å². The largest absolute Gasteiger partial charge is 0.365 e. The van der Waals surface area contributed by atoms with Crippen molar-refractivity contribution < 1.29 is 9.18 Å². The molecule has 30 heavy (non-hydrogen) atoms. The number of rotatable bonds is 7. The van der Waals surface area contributed by atoms with Crippen molar-refractivity contribution in [2.75, 3.05) is 10.6 Å². The van der Waals surface area contributed by atoms with Crippen molar-refractivity contribution in [3.63, 3.8) is 0 Å². The zero-order valence-electron chi connectivity index (χ0n) is 16.5. The van der Waals surface area contributed by atoms with E-state index in [1.807, 2.05) is 37.3 Å². The third-order valence-corrected chi connectivity index (χ3v) is 4.63. The molecule has 0 spiro atoms. The van der Waals surface area contributed by atoms with Gasteiger partial charge in [-0.05, 0) is 48.9 Å². The van der Waals surface area contributed by atoms with Crippen LogP contribution in [0.2, 0.25) is 0 Å². The second-order valence-corrected chi connectivity index (χ2v) is 7.00. The van der Waals surface area contributed by atoms with Gasteiger partial charge in [-0.1, -0.05) is 29.8 Å². The van der Waals surface area contributed by atoms with Crippen LogP contribution in [-0.4, -0.2) is 25.7 Å². The normalized spacial score (nSPS) is 10.9. The van der Waals surface area contributed by atoms with Crippen molar-refractivity contribution >= 4 is 23.1 Å². The van der Waals surface area contributed by atoms with Gasteiger partial charge in [0.1, 0.15) is 11.6 Å². The maximum Gasteiger partial charge on any atom is 0.224 e. The third kappa shape index (κ3) is 4.78. The van der Waals surface area contributed by atoms with E-state index in [0.29, 0.717) is 30.3 Å². The van der Waals surface area contributed by atoms with Gasteiger partial charge in [-0.2, -0.15) is 4.52 Å². The summed E-state index contributed by atoms with van der Waals surface area (Å²) < 4.78 is 14.7. The molecule has 0 aliphatic rings. The molecule has 152 valence electrons. The molecule has 4 rings (SSSR count). The highest BCUT2D eigenvalue weighted by Crippen LogP contribution is 2.12. The van der Waals surface area contributed by atoms with Crippen molar-refractivity contribution in [3.8, 4) is 0 Å². The minimum Gasteiger partial charge on any atom is -0.365 e. The summed E-state index contributed by atoms with van der Waals surface area (Å²) in [7, 11) is 0. The molecule has 0 aliphatic carbocycles. The Morgan fingerprint density at radius 1 is 1.00 bits per heavy atom. The zero-order chi connectivity index (χ0) is 20.9. The fourth-order valence-electron chi connectivity index (χ4n) is 2.96. The van der Waals surface area contributed by atoms with Gasteiger partial charge in [-0.15, -0.1) is 15.3 Å². The molecular formula is C22H21FN6O. The fourth-order valence-corrected chi connectivity index (χ4v) is 2.96. The Kier molecular flexibility index (Phi) is 5.65. The molecule has 0 bridgehead atoms. The fraction of sp³-hybridized carbons (Fsp3) is 0.182. The number of hydrogen-bond acceptors (Lipinski definition) is 5. The van der Waals surface area contributed by atoms with Crippen LogP contribution in [0.25, 0.3) is 5.65 Å². The maximum absolute atomic E-state index is 13.0. The van der Waals surface area contributed by atoms with Crippen molar-refractivity contribution in [2.45, 2.75) is 26.3 Å². The van der Waals surface area contributed by atoms with Crippen molar-refractivity contribution in [3.05, 3.63) is 83.4 Å². The zero-order valence-corrected chi connectivity index (χ0v) is 16.5. The Morgan fingerprint density at radius 3 is 2.53 bits per heavy atom. The first kappa shape index (κ1) is 19.5. The lowest BCUT2D eigenvalue weighted by Crippen LogP contribution is -2.13. The smallest absolute Gasteiger partial charge is 0.224 e. The lowest BCUT2D eigenvalue weighted by atomic mass is 10.2. The summed E-state index contributed by atoms with van der Waals surface area (Å²) >= 11 is 0. The van der Waals surface area contributed by atoms with E-state index in [4.69, 9.17) is 0 Å². The number of aromatic nitrogens is 4. The van der Waals surface area contributed by atoms with E-state index >= 15 is 0 Å². The molecule has 0 radical (unpaired) electrons. The van der Waals surface area contributed by atoms with E-state index in [1.165, 1.54) is 12.1 Å². The number of nitrogens with zero attached hydrogens (tertiary/aromatic N) is 4. The molecule has 7 nitrogen and oxygen atoms in total. The van der Waals surface area contributed by atoms with Gasteiger partial charge >= 0.3 is 0 Å². The molecule has 1 amide bonds. The number of hydrogen-bond donors (Lipinski definition) is 2. The average Bonchev–Trinajstić information content (AvgIpc) is 3.16. The van der Waals surface area contributed by atoms with Gasteiger partial charge in [0.15, 0.2) is 11.5 Å². The Bertz CT molecular complexity index is 1150. The topological polar surface area (TPSA) is 84.2 Å². The molecule has 0 saturated heterocycles. The van der Waals surface area contributed by atoms with Crippen molar-refractivity contribution in [1.29, 1.82) is 0 Å². The number of fused-ring (bicyclic) bond motifs is 1. The first-order chi connectivity index (χ1) is 14.6. The Morgan fingerprint density at radius 2 is 1.77 bits per heavy atom. The van der Waals surface area contributed by atoms with E-state index in [9.17, 15) is 9.18 Å². The summed E-state index contributed by atoms with van der Waals surface area (Å²) in [5.74, 6) is 0.881. The molecule has 2 aromatic heterocycles. The predicted octanol–water partition coefficient (Wildman–Crippen LogP) is 3.76. The monoisotopic (exact) mass is 404 g/mol. The summed E-state index contributed by atoms with van der Waals surface area (Å²) in [5.41, 5.74) is 3.45. The lowest BCUT2D eigenvalue weighted by Gasteiger charge is -2.07. The van der Waals surface area contributed by atoms with Gasteiger partial charge in [0.25, 0.3) is 0 Å². The summed E-state index contributed by atoms with van der Waals surface area (Å²) in [6, 6.07) is 17.6. The number of amides is 1. The first-order valence-corrected chi connectivity index (χ1v) is 9.63. The molecular weight excluding hydrogens is 383 g/mol. The number of aryl methyl sites for hydroxylation is 2. The van der Waals surface area contributed by atoms with E-state index in [1.54, 1.807) is 22.7 Å². The number of carbonyl (C=O) groups excluding carboxylic acids is 1. The molecule has 2 aromatic carbocycles. The molecule has 0 fully saturated rings. The number of benzene rings is 2. The molecule has 0 aliphatic heterocycles. The quantitative estimate of drug-likeness (QED) is 0.490. The van der Waals surface area contributed by atoms with Crippen LogP contribution in [0.15, 0.2) is 60.7 Å². The summed E-state index contributed by atoms with van der Waals surface area (Å²) in [6.45, 7) is 2.51. The summed E-state index contributed by atoms with van der Waals surface area (Å²) in [6.07, 6.45) is 0.677. The Balaban J connectivity index is 1.39. The highest BCUT2D eigenvalue weighted by Gasteiger charge is 2.11. The standard InChI is InChI=1S/C22H21FN6O/c1-15-2-8-18(9-3-15)25-22(30)13-12-21-27-26-20-11-10-19(28-29(20)21)24-14-16-4-6-17(23)7-5-16/h2-11H,12-14H2,1H3,(H,24,28)(H,25,30). The number of nitrogens with one attached hydrogen (secondary N) is 2. The van der Waals surface area contributed by atoms with Crippen molar-refractivity contribution in [2.24, 2.45) is 0 Å². The molecule has 0 unspecified atom stereocenters. The van der Waals surface area contributed by atoms with Crippen LogP contribution < -0.4 is 10.6 Å². The van der Waals surface area contributed by atoms with Gasteiger partial charge in [0, 0.05) is 25.1 Å². The van der Waals surface area contributed by atoms with E-state index in [-0.39, 0.29) is 18.1 Å². The second-order valence-electron chi connectivity index (χ2n) is 7.00. The molecule has 4 aromatic rings. The molecule has 0 atom stereocenters. The minimum absolute atomic E-state index is 0.0961. The number of carbonyl (C=O) groups is 1. The van der Waals surface area contributed by atoms with Gasteiger partial charge in [-0.25, -0.2) is 4.39 Å². The Labute approximate surface area is 173 Å². The van der Waals surface area contributed by atoms with Crippen molar-refractivity contribution in [1.82, 2.24) is 19.8 Å². The third-order valence-electron chi connectivity index (χ3n) is 4.63. The van der Waals surface area contributed by atoms with Gasteiger partial charge in [0.05, 0.1) is 0 Å². The molecule has 2 N–H and O–H groups in total. The highest BCUT2D eigenvalue weighted by molar-refractivity contribution is 5.90. The van der Waals surface area contributed by atoms with E-state index in [0.717, 1.165) is 16.8 Å². The number of halogens is 1. The molecule has 2 heterocycles. The van der Waals surface area contributed by atoms with Crippen LogP contribution >= 0.6 is 0 Å². The first-order valence-electron chi connectivity index (χ1n) is 9.63. The van der Waals surface area contributed by atoms with Gasteiger partial charge in [0.2, 0.25) is 5.91 Å². The van der Waals surface area contributed by atoms with Crippen LogP contribution in [0, 0.1) is 12.7 Å². The van der Waals surface area contributed by atoms with Crippen LogP contribution in [-0.2, 0) is 17.8 Å². The molecule has 0 saturated carbocycles. The second kappa shape index (κ2) is 8.69. The SMILES string of the molecule is Cc1ccc(NC(=O)CCc2nnc3ccc(NCc4ccc(F)cc4)nn23)cc1. The Hall–Kier alpha value is -3.81. The minimum atomic E-state index is -0.265. The number of anilines is 2. The van der Waals surface area contributed by atoms with E-state index in [2.05, 4.69) is 25.9 Å². The van der Waals surface area contributed by atoms with Crippen LogP contribution in [0.4, 0.5) is 15.9 Å². The predicted molar refractivity (Wildman–Crippen MR) is 113 cm³/mol. The molecule has 8 heteroatoms. The van der Waals surface area contributed by atoms with Crippen LogP contribution in [0.3, 0.4) is 0 Å². The average molecular weight is 404 g/mol. The van der Waals surface area contributed by atoms with Gasteiger partial charge in [-0.3, -0.25) is 4.79 Å². The van der Waals surface area contributed by atoms with Gasteiger partial charge < -0.3 is 10.6 Å². The lowest BCUT2D eigenvalue weighted by molar-refractivity contribution is -0.116. The summed E-state index contributed by atoms with van der Waals surface area (Å²) in [4.78, 5) is 12.3. The van der Waals surface area contributed by atoms with Crippen LogP contribution in [0.5, 0.6) is 0 Å². The van der Waals surface area contributed by atoms with E-state index < -0.39 is 0 Å². The summed E-state index contributed by atoms with van der Waals surface area (Å²) in [5, 5.41) is 18.9. The maximum atomic E-state index is 13.0.